The molecule has 31 heavy (non-hydrogen) atoms. The van der Waals surface area contributed by atoms with Crippen LogP contribution in [0.1, 0.15) is 0 Å². The molecule has 0 bridgehead atoms. The number of hydrogen-bond donors (Lipinski definition) is 2. The van der Waals surface area contributed by atoms with Gasteiger partial charge >= 0.3 is 0 Å². The first-order valence-corrected chi connectivity index (χ1v) is 11.7. The summed E-state index contributed by atoms with van der Waals surface area (Å²) in [7, 11) is 0. The molecule has 3 heterocycles. The number of thioether (sulfide) groups is 1. The smallest absolute Gasteiger partial charge is 0.236 e. The first-order valence-electron chi connectivity index (χ1n) is 10.5. The number of benzene rings is 1. The number of hydrogen-bond acceptors (Lipinski definition) is 9. The molecule has 0 unspecified atom stereocenters. The fraction of sp³-hybridized carbons (Fsp3) is 0.476. The lowest BCUT2D eigenvalue weighted by Gasteiger charge is -2.35. The van der Waals surface area contributed by atoms with Crippen molar-refractivity contribution in [2.75, 3.05) is 80.4 Å². The van der Waals surface area contributed by atoms with Crippen LogP contribution in [0.25, 0.3) is 0 Å². The zero-order valence-corrected chi connectivity index (χ0v) is 18.6. The number of morpholine rings is 1. The Kier molecular flexibility index (Phi) is 7.10. The summed E-state index contributed by atoms with van der Waals surface area (Å²) in [5.41, 5.74) is 7.67. The molecule has 2 fully saturated rings. The number of nitrogens with two attached hydrogens (primary N) is 1. The first kappa shape index (κ1) is 21.7. The minimum absolute atomic E-state index is 0.00461. The minimum atomic E-state index is -0.00461. The topological polar surface area (TPSA) is 99.9 Å². The van der Waals surface area contributed by atoms with E-state index in [9.17, 15) is 4.79 Å². The van der Waals surface area contributed by atoms with Crippen molar-refractivity contribution in [2.45, 2.75) is 5.16 Å². The van der Waals surface area contributed by atoms with Gasteiger partial charge in [-0.1, -0.05) is 11.8 Å². The second kappa shape index (κ2) is 10.2. The van der Waals surface area contributed by atoms with Crippen LogP contribution in [0.5, 0.6) is 0 Å². The third-order valence-corrected chi connectivity index (χ3v) is 6.07. The average Bonchev–Trinajstić information content (AvgIpc) is 2.84. The molecule has 2 aliphatic heterocycles. The van der Waals surface area contributed by atoms with Gasteiger partial charge in [0.2, 0.25) is 5.91 Å². The van der Waals surface area contributed by atoms with Crippen molar-refractivity contribution in [2.24, 2.45) is 5.73 Å². The number of amides is 1. The van der Waals surface area contributed by atoms with Gasteiger partial charge in [0.25, 0.3) is 0 Å². The van der Waals surface area contributed by atoms with E-state index < -0.39 is 0 Å². The fourth-order valence-corrected chi connectivity index (χ4v) is 4.14. The van der Waals surface area contributed by atoms with Crippen LogP contribution in [-0.4, -0.2) is 86.1 Å². The molecule has 2 aromatic rings. The van der Waals surface area contributed by atoms with Crippen LogP contribution in [0.2, 0.25) is 0 Å². The zero-order chi connectivity index (χ0) is 21.6. The maximum Gasteiger partial charge on any atom is 0.236 e. The molecule has 0 spiro atoms. The quantitative estimate of drug-likeness (QED) is 0.507. The largest absolute Gasteiger partial charge is 0.378 e. The molecule has 1 aromatic heterocycles. The second-order valence-electron chi connectivity index (χ2n) is 7.44. The third kappa shape index (κ3) is 5.38. The van der Waals surface area contributed by atoms with Gasteiger partial charge in [0, 0.05) is 56.7 Å². The van der Waals surface area contributed by atoms with Crippen molar-refractivity contribution in [3.8, 4) is 0 Å². The zero-order valence-electron chi connectivity index (χ0n) is 17.8. The van der Waals surface area contributed by atoms with Crippen LogP contribution in [0, 0.1) is 0 Å². The predicted molar refractivity (Wildman–Crippen MR) is 124 cm³/mol. The van der Waals surface area contributed by atoms with E-state index in [0.29, 0.717) is 18.2 Å². The average molecular weight is 444 g/mol. The monoisotopic (exact) mass is 443 g/mol. The first-order chi connectivity index (χ1) is 15.2. The Hall–Kier alpha value is -2.56. The number of ether oxygens (including phenoxy) is 1. The molecule has 4 rings (SSSR count). The van der Waals surface area contributed by atoms with Crippen molar-refractivity contribution in [3.05, 3.63) is 30.3 Å². The highest BCUT2D eigenvalue weighted by atomic mass is 32.2. The van der Waals surface area contributed by atoms with Gasteiger partial charge in [0.1, 0.15) is 11.6 Å². The summed E-state index contributed by atoms with van der Waals surface area (Å²) in [4.78, 5) is 27.4. The Balaban J connectivity index is 1.44. The van der Waals surface area contributed by atoms with Crippen LogP contribution in [0.15, 0.2) is 35.5 Å². The van der Waals surface area contributed by atoms with Gasteiger partial charge in [-0.2, -0.15) is 0 Å². The Morgan fingerprint density at radius 1 is 1.06 bits per heavy atom. The van der Waals surface area contributed by atoms with Gasteiger partial charge in [0.15, 0.2) is 5.16 Å². The maximum atomic E-state index is 11.8. The van der Waals surface area contributed by atoms with Crippen molar-refractivity contribution >= 4 is 40.7 Å². The van der Waals surface area contributed by atoms with Gasteiger partial charge < -0.3 is 30.5 Å². The van der Waals surface area contributed by atoms with Gasteiger partial charge in [-0.25, -0.2) is 9.97 Å². The lowest BCUT2D eigenvalue weighted by molar-refractivity contribution is -0.129. The number of piperazine rings is 1. The second-order valence-corrected chi connectivity index (χ2v) is 8.21. The lowest BCUT2D eigenvalue weighted by atomic mass is 10.2. The fourth-order valence-electron chi connectivity index (χ4n) is 3.77. The standard InChI is InChI=1S/C21H29N7O2S/c1-31-21-24-18(14-19(25-21)27-6-8-28(9-7-27)20(29)15-22)23-16-2-4-17(5-3-16)26-10-12-30-13-11-26/h2-5,14H,6-13,15,22H2,1H3,(H,23,24,25). The summed E-state index contributed by atoms with van der Waals surface area (Å²) < 4.78 is 5.43. The molecule has 9 nitrogen and oxygen atoms in total. The van der Waals surface area contributed by atoms with Crippen LogP contribution in [0.4, 0.5) is 23.0 Å². The molecule has 2 saturated heterocycles. The predicted octanol–water partition coefficient (Wildman–Crippen LogP) is 1.39. The molecule has 0 saturated carbocycles. The molecule has 10 heteroatoms. The van der Waals surface area contributed by atoms with E-state index in [1.807, 2.05) is 17.2 Å². The third-order valence-electron chi connectivity index (χ3n) is 5.52. The number of anilines is 4. The molecule has 0 atom stereocenters. The lowest BCUT2D eigenvalue weighted by Crippen LogP contribution is -2.50. The van der Waals surface area contributed by atoms with Crippen molar-refractivity contribution in [1.29, 1.82) is 0 Å². The van der Waals surface area contributed by atoms with E-state index in [4.69, 9.17) is 10.5 Å². The normalized spacial score (nSPS) is 17.0. The Labute approximate surface area is 186 Å². The van der Waals surface area contributed by atoms with Crippen molar-refractivity contribution in [3.63, 3.8) is 0 Å². The highest BCUT2D eigenvalue weighted by Crippen LogP contribution is 2.25. The Bertz CT molecular complexity index is 882. The van der Waals surface area contributed by atoms with E-state index >= 15 is 0 Å². The highest BCUT2D eigenvalue weighted by Gasteiger charge is 2.22. The van der Waals surface area contributed by atoms with E-state index in [0.717, 1.165) is 56.7 Å². The minimum Gasteiger partial charge on any atom is -0.378 e. The van der Waals surface area contributed by atoms with E-state index in [1.54, 1.807) is 0 Å². The Morgan fingerprint density at radius 2 is 1.77 bits per heavy atom. The summed E-state index contributed by atoms with van der Waals surface area (Å²) in [6.07, 6.45) is 1.97. The van der Waals surface area contributed by atoms with Crippen molar-refractivity contribution < 1.29 is 9.53 Å². The summed E-state index contributed by atoms with van der Waals surface area (Å²) in [5, 5.41) is 4.12. The number of aromatic nitrogens is 2. The van der Waals surface area contributed by atoms with E-state index in [-0.39, 0.29) is 12.5 Å². The molecular formula is C21H29N7O2S. The van der Waals surface area contributed by atoms with Crippen LogP contribution in [0.3, 0.4) is 0 Å². The highest BCUT2D eigenvalue weighted by molar-refractivity contribution is 7.98. The van der Waals surface area contributed by atoms with Crippen LogP contribution < -0.4 is 20.9 Å². The summed E-state index contributed by atoms with van der Waals surface area (Å²) in [6, 6.07) is 10.4. The molecule has 0 radical (unpaired) electrons. The molecule has 3 N–H and O–H groups in total. The maximum absolute atomic E-state index is 11.8. The van der Waals surface area contributed by atoms with Gasteiger partial charge in [-0.05, 0) is 30.5 Å². The molecule has 1 aromatic carbocycles. The summed E-state index contributed by atoms with van der Waals surface area (Å²) in [6.45, 7) is 6.20. The molecule has 166 valence electrons. The molecule has 0 aliphatic carbocycles. The van der Waals surface area contributed by atoms with E-state index in [2.05, 4.69) is 49.4 Å². The summed E-state index contributed by atoms with van der Waals surface area (Å²) >= 11 is 1.51. The number of nitrogens with zero attached hydrogens (tertiary/aromatic N) is 5. The number of carbonyl (C=O) groups is 1. The number of nitrogens with one attached hydrogen (secondary N) is 1. The summed E-state index contributed by atoms with van der Waals surface area (Å²) in [5.74, 6) is 1.62. The van der Waals surface area contributed by atoms with Gasteiger partial charge in [-0.15, -0.1) is 0 Å². The van der Waals surface area contributed by atoms with E-state index in [1.165, 1.54) is 17.4 Å². The van der Waals surface area contributed by atoms with Crippen molar-refractivity contribution in [1.82, 2.24) is 14.9 Å². The number of carbonyl (C=O) groups excluding carboxylic acids is 1. The molecular weight excluding hydrogens is 414 g/mol. The Morgan fingerprint density at radius 3 is 2.42 bits per heavy atom. The van der Waals surface area contributed by atoms with Crippen LogP contribution >= 0.6 is 11.8 Å². The van der Waals surface area contributed by atoms with Crippen LogP contribution in [-0.2, 0) is 9.53 Å². The van der Waals surface area contributed by atoms with Gasteiger partial charge in [0.05, 0.1) is 19.8 Å². The van der Waals surface area contributed by atoms with Gasteiger partial charge in [-0.3, -0.25) is 4.79 Å². The molecule has 2 aliphatic rings. The number of rotatable bonds is 6. The SMILES string of the molecule is CSc1nc(Nc2ccc(N3CCOCC3)cc2)cc(N2CCN(C(=O)CN)CC2)n1. The molecule has 1 amide bonds.